The minimum Gasteiger partial charge on any atom is -0.491 e. The Balaban J connectivity index is 2.70. The van der Waals surface area contributed by atoms with Crippen LogP contribution in [0.3, 0.4) is 0 Å². The summed E-state index contributed by atoms with van der Waals surface area (Å²) >= 11 is 0. The van der Waals surface area contributed by atoms with Crippen LogP contribution < -0.4 is 4.74 Å². The minimum atomic E-state index is -0.206. The Kier molecular flexibility index (Phi) is 4.40. The first-order valence-electron chi connectivity index (χ1n) is 4.68. The molecule has 0 aliphatic rings. The normalized spacial score (nSPS) is 10.2. The fourth-order valence-corrected chi connectivity index (χ4v) is 1.25. The van der Waals surface area contributed by atoms with Gasteiger partial charge in [0.1, 0.15) is 18.2 Å². The number of benzene rings is 1. The molecule has 0 aromatic heterocycles. The molecule has 0 aliphatic carbocycles. The SMILES string of the molecule is CCc1c(F)cccc1OCCOC. The van der Waals surface area contributed by atoms with Crippen molar-refractivity contribution in [2.45, 2.75) is 13.3 Å². The second-order valence-electron chi connectivity index (χ2n) is 2.91. The van der Waals surface area contributed by atoms with Gasteiger partial charge in [0.25, 0.3) is 0 Å². The molecule has 0 amide bonds. The fraction of sp³-hybridized carbons (Fsp3) is 0.455. The molecule has 0 aliphatic heterocycles. The Bertz CT molecular complexity index is 287. The van der Waals surface area contributed by atoms with E-state index in [4.69, 9.17) is 9.47 Å². The van der Waals surface area contributed by atoms with Crippen molar-refractivity contribution >= 4 is 0 Å². The van der Waals surface area contributed by atoms with Gasteiger partial charge in [0.15, 0.2) is 0 Å². The van der Waals surface area contributed by atoms with Crippen molar-refractivity contribution in [1.29, 1.82) is 0 Å². The Hall–Kier alpha value is -1.09. The predicted octanol–water partition coefficient (Wildman–Crippen LogP) is 2.41. The van der Waals surface area contributed by atoms with E-state index in [9.17, 15) is 4.39 Å². The molecule has 0 radical (unpaired) electrons. The van der Waals surface area contributed by atoms with E-state index in [1.165, 1.54) is 6.07 Å². The van der Waals surface area contributed by atoms with E-state index in [-0.39, 0.29) is 5.82 Å². The number of methoxy groups -OCH3 is 1. The van der Waals surface area contributed by atoms with Gasteiger partial charge in [-0.2, -0.15) is 0 Å². The van der Waals surface area contributed by atoms with Gasteiger partial charge in [0, 0.05) is 12.7 Å². The lowest BCUT2D eigenvalue weighted by molar-refractivity contribution is 0.145. The summed E-state index contributed by atoms with van der Waals surface area (Å²) in [6.07, 6.45) is 0.634. The monoisotopic (exact) mass is 198 g/mol. The maximum atomic E-state index is 13.2. The number of halogens is 1. The summed E-state index contributed by atoms with van der Waals surface area (Å²) < 4.78 is 23.5. The largest absolute Gasteiger partial charge is 0.491 e. The van der Waals surface area contributed by atoms with Crippen molar-refractivity contribution in [1.82, 2.24) is 0 Å². The van der Waals surface area contributed by atoms with Crippen LogP contribution in [0, 0.1) is 5.82 Å². The van der Waals surface area contributed by atoms with Gasteiger partial charge in [-0.25, -0.2) is 4.39 Å². The molecule has 0 unspecified atom stereocenters. The third kappa shape index (κ3) is 2.70. The third-order valence-corrected chi connectivity index (χ3v) is 1.97. The standard InChI is InChI=1S/C11H15FO2/c1-3-9-10(12)5-4-6-11(9)14-8-7-13-2/h4-6H,3,7-8H2,1-2H3. The number of rotatable bonds is 5. The Labute approximate surface area is 83.6 Å². The van der Waals surface area contributed by atoms with Crippen LogP contribution in [0.25, 0.3) is 0 Å². The van der Waals surface area contributed by atoms with Crippen molar-refractivity contribution < 1.29 is 13.9 Å². The van der Waals surface area contributed by atoms with E-state index < -0.39 is 0 Å². The third-order valence-electron chi connectivity index (χ3n) is 1.97. The zero-order valence-corrected chi connectivity index (χ0v) is 8.55. The van der Waals surface area contributed by atoms with E-state index in [0.717, 1.165) is 0 Å². The van der Waals surface area contributed by atoms with Crippen LogP contribution in [-0.2, 0) is 11.2 Å². The van der Waals surface area contributed by atoms with E-state index in [1.807, 2.05) is 6.92 Å². The molecule has 0 N–H and O–H groups in total. The molecular formula is C11H15FO2. The molecule has 1 rings (SSSR count). The molecule has 0 fully saturated rings. The molecule has 3 heteroatoms. The molecular weight excluding hydrogens is 183 g/mol. The number of ether oxygens (including phenoxy) is 2. The van der Waals surface area contributed by atoms with Gasteiger partial charge in [-0.1, -0.05) is 13.0 Å². The molecule has 0 saturated carbocycles. The molecule has 0 spiro atoms. The van der Waals surface area contributed by atoms with Gasteiger partial charge in [-0.05, 0) is 18.6 Å². The maximum absolute atomic E-state index is 13.2. The molecule has 0 heterocycles. The highest BCUT2D eigenvalue weighted by Crippen LogP contribution is 2.21. The van der Waals surface area contributed by atoms with Crippen LogP contribution >= 0.6 is 0 Å². The average molecular weight is 198 g/mol. The van der Waals surface area contributed by atoms with Gasteiger partial charge in [0.2, 0.25) is 0 Å². The van der Waals surface area contributed by atoms with Crippen molar-refractivity contribution in [3.8, 4) is 5.75 Å². The van der Waals surface area contributed by atoms with Crippen LogP contribution in [0.5, 0.6) is 5.75 Å². The van der Waals surface area contributed by atoms with Crippen molar-refractivity contribution in [3.05, 3.63) is 29.6 Å². The van der Waals surface area contributed by atoms with Gasteiger partial charge < -0.3 is 9.47 Å². The molecule has 78 valence electrons. The van der Waals surface area contributed by atoms with Crippen LogP contribution in [0.4, 0.5) is 4.39 Å². The lowest BCUT2D eigenvalue weighted by atomic mass is 10.1. The Morgan fingerprint density at radius 1 is 1.29 bits per heavy atom. The number of hydrogen-bond donors (Lipinski definition) is 0. The molecule has 2 nitrogen and oxygen atoms in total. The zero-order valence-electron chi connectivity index (χ0n) is 8.55. The van der Waals surface area contributed by atoms with E-state index >= 15 is 0 Å². The highest BCUT2D eigenvalue weighted by Gasteiger charge is 2.06. The molecule has 14 heavy (non-hydrogen) atoms. The lowest BCUT2D eigenvalue weighted by Gasteiger charge is -2.10. The van der Waals surface area contributed by atoms with Crippen LogP contribution in [0.15, 0.2) is 18.2 Å². The van der Waals surface area contributed by atoms with Gasteiger partial charge in [-0.15, -0.1) is 0 Å². The van der Waals surface area contributed by atoms with Crippen molar-refractivity contribution in [2.75, 3.05) is 20.3 Å². The predicted molar refractivity (Wildman–Crippen MR) is 53.1 cm³/mol. The van der Waals surface area contributed by atoms with Gasteiger partial charge >= 0.3 is 0 Å². The zero-order chi connectivity index (χ0) is 10.4. The molecule has 1 aromatic rings. The summed E-state index contributed by atoms with van der Waals surface area (Å²) in [5.74, 6) is 0.409. The van der Waals surface area contributed by atoms with Gasteiger partial charge in [0.05, 0.1) is 6.61 Å². The van der Waals surface area contributed by atoms with E-state index in [0.29, 0.717) is 30.9 Å². The summed E-state index contributed by atoms with van der Waals surface area (Å²) in [7, 11) is 1.61. The number of hydrogen-bond acceptors (Lipinski definition) is 2. The Morgan fingerprint density at radius 3 is 2.71 bits per heavy atom. The first-order chi connectivity index (χ1) is 6.79. The highest BCUT2D eigenvalue weighted by molar-refractivity contribution is 5.34. The summed E-state index contributed by atoms with van der Waals surface area (Å²) in [5.41, 5.74) is 0.628. The van der Waals surface area contributed by atoms with Crippen LogP contribution in [0.1, 0.15) is 12.5 Å². The van der Waals surface area contributed by atoms with Crippen LogP contribution in [0.2, 0.25) is 0 Å². The summed E-state index contributed by atoms with van der Waals surface area (Å²) in [4.78, 5) is 0. The van der Waals surface area contributed by atoms with Gasteiger partial charge in [-0.3, -0.25) is 0 Å². The molecule has 1 aromatic carbocycles. The van der Waals surface area contributed by atoms with E-state index in [1.54, 1.807) is 19.2 Å². The average Bonchev–Trinajstić information content (AvgIpc) is 2.18. The Morgan fingerprint density at radius 2 is 2.07 bits per heavy atom. The van der Waals surface area contributed by atoms with Crippen LogP contribution in [-0.4, -0.2) is 20.3 Å². The second kappa shape index (κ2) is 5.60. The van der Waals surface area contributed by atoms with Crippen molar-refractivity contribution in [3.63, 3.8) is 0 Å². The molecule has 0 saturated heterocycles. The summed E-state index contributed by atoms with van der Waals surface area (Å²) in [6, 6.07) is 4.87. The fourth-order valence-electron chi connectivity index (χ4n) is 1.25. The molecule has 0 bridgehead atoms. The quantitative estimate of drug-likeness (QED) is 0.676. The summed E-state index contributed by atoms with van der Waals surface area (Å²) in [6.45, 7) is 2.87. The highest BCUT2D eigenvalue weighted by atomic mass is 19.1. The maximum Gasteiger partial charge on any atom is 0.130 e. The molecule has 0 atom stereocenters. The lowest BCUT2D eigenvalue weighted by Crippen LogP contribution is -2.06. The summed E-state index contributed by atoms with van der Waals surface area (Å²) in [5, 5.41) is 0. The van der Waals surface area contributed by atoms with E-state index in [2.05, 4.69) is 0 Å². The minimum absolute atomic E-state index is 0.206. The topological polar surface area (TPSA) is 18.5 Å². The smallest absolute Gasteiger partial charge is 0.130 e. The first kappa shape index (κ1) is 11.0. The first-order valence-corrected chi connectivity index (χ1v) is 4.68. The van der Waals surface area contributed by atoms with Crippen molar-refractivity contribution in [2.24, 2.45) is 0 Å². The second-order valence-corrected chi connectivity index (χ2v) is 2.91.